The highest BCUT2D eigenvalue weighted by Gasteiger charge is 2.00. The monoisotopic (exact) mass is 237 g/mol. The Morgan fingerprint density at radius 3 is 3.00 bits per heavy atom. The van der Waals surface area contributed by atoms with Gasteiger partial charge in [0.15, 0.2) is 9.77 Å². The van der Waals surface area contributed by atoms with Crippen molar-refractivity contribution in [3.05, 3.63) is 33.2 Å². The largest absolute Gasteiger partial charge is 0.494 e. The molecule has 0 aliphatic heterocycles. The molecule has 2 aromatic heterocycles. The molecule has 0 aliphatic rings. The van der Waals surface area contributed by atoms with Crippen LogP contribution in [-0.2, 0) is 0 Å². The van der Waals surface area contributed by atoms with Crippen molar-refractivity contribution in [2.45, 2.75) is 0 Å². The highest BCUT2D eigenvalue weighted by atomic mass is 32.1. The van der Waals surface area contributed by atoms with E-state index in [2.05, 4.69) is 15.0 Å². The fraction of sp³-hybridized carbons (Fsp3) is 0. The summed E-state index contributed by atoms with van der Waals surface area (Å²) in [7, 11) is 0. The number of aromatic nitrogens is 2. The van der Waals surface area contributed by atoms with Crippen LogP contribution in [-0.4, -0.2) is 21.3 Å². The van der Waals surface area contributed by atoms with Gasteiger partial charge in [0.25, 0.3) is 0 Å². The molecule has 2 rings (SSSR count). The van der Waals surface area contributed by atoms with E-state index in [9.17, 15) is 5.11 Å². The summed E-state index contributed by atoms with van der Waals surface area (Å²) in [6.07, 6.45) is 3.19. The number of hydrogen-bond donors (Lipinski definition) is 2. The Morgan fingerprint density at radius 1 is 1.53 bits per heavy atom. The van der Waals surface area contributed by atoms with E-state index in [0.29, 0.717) is 14.6 Å². The number of pyridine rings is 1. The van der Waals surface area contributed by atoms with E-state index < -0.39 is 0 Å². The van der Waals surface area contributed by atoms with Crippen LogP contribution < -0.4 is 0 Å². The first-order valence-electron chi connectivity index (χ1n) is 4.13. The predicted octanol–water partition coefficient (Wildman–Crippen LogP) is 2.66. The molecule has 6 heteroatoms. The number of aromatic amines is 1. The quantitative estimate of drug-likeness (QED) is 0.623. The van der Waals surface area contributed by atoms with E-state index in [-0.39, 0.29) is 5.88 Å². The summed E-state index contributed by atoms with van der Waals surface area (Å²) in [5, 5.41) is 9.39. The molecule has 0 aromatic carbocycles. The summed E-state index contributed by atoms with van der Waals surface area (Å²) in [6, 6.07) is 5.44. The molecule has 0 saturated carbocycles. The maximum absolute atomic E-state index is 9.39. The van der Waals surface area contributed by atoms with Crippen molar-refractivity contribution in [1.29, 1.82) is 0 Å². The number of nitrogens with one attached hydrogen (secondary N) is 1. The molecule has 76 valence electrons. The van der Waals surface area contributed by atoms with Gasteiger partial charge in [0.05, 0.1) is 6.21 Å². The minimum absolute atomic E-state index is 0.0460. The summed E-state index contributed by atoms with van der Waals surface area (Å²) in [5.74, 6) is 0.640. The van der Waals surface area contributed by atoms with Crippen molar-refractivity contribution in [1.82, 2.24) is 9.97 Å². The van der Waals surface area contributed by atoms with E-state index in [4.69, 9.17) is 12.2 Å². The fourth-order valence-electron chi connectivity index (χ4n) is 0.974. The average molecular weight is 237 g/mol. The highest BCUT2D eigenvalue weighted by Crippen LogP contribution is 2.19. The lowest BCUT2D eigenvalue weighted by Crippen LogP contribution is -1.76. The molecule has 0 saturated heterocycles. The van der Waals surface area contributed by atoms with E-state index in [0.717, 1.165) is 0 Å². The molecule has 0 unspecified atom stereocenters. The molecule has 0 radical (unpaired) electrons. The zero-order valence-corrected chi connectivity index (χ0v) is 9.18. The second-order valence-corrected chi connectivity index (χ2v) is 4.39. The number of aliphatic imine (C=N–C) groups is 1. The minimum Gasteiger partial charge on any atom is -0.494 e. The van der Waals surface area contributed by atoms with Crippen molar-refractivity contribution in [3.8, 4) is 5.88 Å². The van der Waals surface area contributed by atoms with Crippen molar-refractivity contribution < 1.29 is 5.11 Å². The van der Waals surface area contributed by atoms with Crippen LogP contribution in [0.15, 0.2) is 29.4 Å². The number of aromatic hydroxyl groups is 1. The molecule has 0 spiro atoms. The van der Waals surface area contributed by atoms with Crippen molar-refractivity contribution in [3.63, 3.8) is 0 Å². The first-order chi connectivity index (χ1) is 7.25. The zero-order valence-electron chi connectivity index (χ0n) is 7.54. The first kappa shape index (κ1) is 10.0. The third-order valence-corrected chi connectivity index (χ3v) is 2.78. The van der Waals surface area contributed by atoms with Crippen LogP contribution in [0.4, 0.5) is 5.82 Å². The summed E-state index contributed by atoms with van der Waals surface area (Å²) in [5.41, 5.74) is 0. The van der Waals surface area contributed by atoms with Crippen molar-refractivity contribution >= 4 is 35.6 Å². The summed E-state index contributed by atoms with van der Waals surface area (Å²) >= 11 is 6.14. The molecule has 2 N–H and O–H groups in total. The van der Waals surface area contributed by atoms with E-state index >= 15 is 0 Å². The minimum atomic E-state index is 0.0460. The van der Waals surface area contributed by atoms with Gasteiger partial charge in [-0.1, -0.05) is 17.4 Å². The van der Waals surface area contributed by atoms with Crippen LogP contribution in [0.3, 0.4) is 0 Å². The van der Waals surface area contributed by atoms with Crippen LogP contribution in [0.2, 0.25) is 0 Å². The van der Waals surface area contributed by atoms with Gasteiger partial charge in [0.1, 0.15) is 4.88 Å². The Morgan fingerprint density at radius 2 is 2.40 bits per heavy atom. The molecule has 2 aromatic rings. The maximum Gasteiger partial charge on any atom is 0.209 e. The Bertz CT molecular complexity index is 530. The Hall–Kier alpha value is -1.53. The van der Waals surface area contributed by atoms with Gasteiger partial charge < -0.3 is 10.1 Å². The summed E-state index contributed by atoms with van der Waals surface area (Å²) in [6.45, 7) is 0. The van der Waals surface area contributed by atoms with Gasteiger partial charge in [-0.2, -0.15) is 0 Å². The Kier molecular flexibility index (Phi) is 2.89. The normalized spacial score (nSPS) is 10.9. The molecule has 0 atom stereocenters. The molecule has 15 heavy (non-hydrogen) atoms. The molecular formula is C9H7N3OS2. The fourth-order valence-corrected chi connectivity index (χ4v) is 1.94. The van der Waals surface area contributed by atoms with Crippen LogP contribution in [0, 0.1) is 3.95 Å². The summed E-state index contributed by atoms with van der Waals surface area (Å²) in [4.78, 5) is 11.3. The van der Waals surface area contributed by atoms with Gasteiger partial charge in [0, 0.05) is 6.20 Å². The number of H-pyrrole nitrogens is 1. The standard InChI is InChI=1S/C9H7N3OS2/c13-8-6(15-9(14)12-8)5-11-7-3-1-2-4-10-7/h1-5,13H,(H,12,14). The first-order valence-corrected chi connectivity index (χ1v) is 5.35. The van der Waals surface area contributed by atoms with Gasteiger partial charge in [-0.3, -0.25) is 0 Å². The molecule has 0 bridgehead atoms. The summed E-state index contributed by atoms with van der Waals surface area (Å²) < 4.78 is 0.523. The van der Waals surface area contributed by atoms with Crippen molar-refractivity contribution in [2.75, 3.05) is 0 Å². The zero-order chi connectivity index (χ0) is 10.7. The second-order valence-electron chi connectivity index (χ2n) is 2.67. The predicted molar refractivity (Wildman–Crippen MR) is 62.7 cm³/mol. The van der Waals surface area contributed by atoms with E-state index in [1.54, 1.807) is 12.3 Å². The number of nitrogens with zero attached hydrogens (tertiary/aromatic N) is 2. The molecule has 4 nitrogen and oxygen atoms in total. The van der Waals surface area contributed by atoms with Gasteiger partial charge in [-0.05, 0) is 24.4 Å². The molecule has 0 fully saturated rings. The topological polar surface area (TPSA) is 61.3 Å². The van der Waals surface area contributed by atoms with Gasteiger partial charge in [0.2, 0.25) is 5.88 Å². The molecule has 0 amide bonds. The van der Waals surface area contributed by atoms with E-state index in [1.165, 1.54) is 17.6 Å². The smallest absolute Gasteiger partial charge is 0.209 e. The Labute approximate surface area is 95.0 Å². The van der Waals surface area contributed by atoms with Gasteiger partial charge in [-0.25, -0.2) is 9.98 Å². The van der Waals surface area contributed by atoms with Crippen LogP contribution in [0.25, 0.3) is 0 Å². The van der Waals surface area contributed by atoms with Crippen LogP contribution in [0.5, 0.6) is 5.88 Å². The maximum atomic E-state index is 9.39. The highest BCUT2D eigenvalue weighted by molar-refractivity contribution is 7.73. The Balaban J connectivity index is 2.26. The molecular weight excluding hydrogens is 230 g/mol. The lowest BCUT2D eigenvalue weighted by Gasteiger charge is -1.89. The lowest BCUT2D eigenvalue weighted by atomic mass is 10.5. The average Bonchev–Trinajstić information content (AvgIpc) is 2.56. The van der Waals surface area contributed by atoms with Gasteiger partial charge in [-0.15, -0.1) is 0 Å². The number of thiazole rings is 1. The molecule has 2 heterocycles. The third-order valence-electron chi connectivity index (χ3n) is 1.62. The van der Waals surface area contributed by atoms with Gasteiger partial charge >= 0.3 is 0 Å². The van der Waals surface area contributed by atoms with E-state index in [1.807, 2.05) is 12.1 Å². The van der Waals surface area contributed by atoms with Crippen LogP contribution >= 0.6 is 23.6 Å². The number of rotatable bonds is 2. The lowest BCUT2D eigenvalue weighted by molar-refractivity contribution is 0.456. The van der Waals surface area contributed by atoms with Crippen molar-refractivity contribution in [2.24, 2.45) is 4.99 Å². The molecule has 0 aliphatic carbocycles. The second kappa shape index (κ2) is 4.33. The number of hydrogen-bond acceptors (Lipinski definition) is 5. The third kappa shape index (κ3) is 2.48. The SMILES string of the molecule is Oc1[nH]c(=S)sc1C=Nc1ccccn1. The van der Waals surface area contributed by atoms with Crippen LogP contribution in [0.1, 0.15) is 4.88 Å².